The van der Waals surface area contributed by atoms with E-state index in [1.165, 1.54) is 0 Å². The third-order valence-electron chi connectivity index (χ3n) is 5.02. The molecule has 2 N–H and O–H groups in total. The molecule has 154 valence electrons. The first-order chi connectivity index (χ1) is 11.9. The minimum atomic E-state index is -0.125. The Morgan fingerprint density at radius 2 is 1.93 bits per heavy atom. The first kappa shape index (κ1) is 25.6. The van der Waals surface area contributed by atoms with Gasteiger partial charge >= 0.3 is 0 Å². The van der Waals surface area contributed by atoms with Crippen molar-refractivity contribution < 1.29 is 9.59 Å². The van der Waals surface area contributed by atoms with Crippen molar-refractivity contribution in [3.63, 3.8) is 0 Å². The SMILES string of the molecule is CC(C)C(N)CCN(C)C(=O)C1CCCN(C(=O)c2ccncc2)C1.Cl.Cl. The summed E-state index contributed by atoms with van der Waals surface area (Å²) >= 11 is 0. The Labute approximate surface area is 174 Å². The number of likely N-dealkylation sites (tertiary alicyclic amines) is 1. The van der Waals surface area contributed by atoms with E-state index in [2.05, 4.69) is 18.8 Å². The molecule has 2 amide bonds. The molecule has 0 saturated carbocycles. The fraction of sp³-hybridized carbons (Fsp3) is 0.632. The normalized spacial score (nSPS) is 17.5. The second kappa shape index (κ2) is 12.2. The van der Waals surface area contributed by atoms with Gasteiger partial charge < -0.3 is 15.5 Å². The Kier molecular flexibility index (Phi) is 11.5. The average molecular weight is 419 g/mol. The molecule has 1 aromatic heterocycles. The first-order valence-electron chi connectivity index (χ1n) is 9.10. The molecule has 27 heavy (non-hydrogen) atoms. The molecule has 2 heterocycles. The predicted molar refractivity (Wildman–Crippen MR) is 112 cm³/mol. The summed E-state index contributed by atoms with van der Waals surface area (Å²) in [6, 6.07) is 3.53. The number of carbonyl (C=O) groups excluding carboxylic acids is 2. The largest absolute Gasteiger partial charge is 0.345 e. The zero-order chi connectivity index (χ0) is 18.4. The highest BCUT2D eigenvalue weighted by Crippen LogP contribution is 2.20. The molecule has 2 unspecified atom stereocenters. The van der Waals surface area contributed by atoms with Gasteiger partial charge in [-0.25, -0.2) is 0 Å². The quantitative estimate of drug-likeness (QED) is 0.769. The van der Waals surface area contributed by atoms with Crippen molar-refractivity contribution in [3.05, 3.63) is 30.1 Å². The summed E-state index contributed by atoms with van der Waals surface area (Å²) in [7, 11) is 1.83. The Morgan fingerprint density at radius 1 is 1.30 bits per heavy atom. The summed E-state index contributed by atoms with van der Waals surface area (Å²) in [5.41, 5.74) is 6.70. The fourth-order valence-corrected chi connectivity index (χ4v) is 3.14. The van der Waals surface area contributed by atoms with Gasteiger partial charge in [0.15, 0.2) is 0 Å². The molecule has 0 radical (unpaired) electrons. The zero-order valence-electron chi connectivity index (χ0n) is 16.3. The van der Waals surface area contributed by atoms with Crippen LogP contribution in [0.3, 0.4) is 0 Å². The van der Waals surface area contributed by atoms with Crippen LogP contribution in [0.5, 0.6) is 0 Å². The average Bonchev–Trinajstić information content (AvgIpc) is 2.65. The van der Waals surface area contributed by atoms with Gasteiger partial charge in [-0.3, -0.25) is 14.6 Å². The van der Waals surface area contributed by atoms with E-state index in [-0.39, 0.29) is 48.6 Å². The van der Waals surface area contributed by atoms with Gasteiger partial charge in [0.25, 0.3) is 5.91 Å². The molecule has 0 bridgehead atoms. The number of nitrogens with two attached hydrogens (primary N) is 1. The number of amides is 2. The van der Waals surface area contributed by atoms with Gasteiger partial charge in [0.1, 0.15) is 0 Å². The van der Waals surface area contributed by atoms with Gasteiger partial charge in [-0.05, 0) is 37.3 Å². The van der Waals surface area contributed by atoms with Crippen LogP contribution in [0.15, 0.2) is 24.5 Å². The van der Waals surface area contributed by atoms with E-state index in [1.54, 1.807) is 34.3 Å². The van der Waals surface area contributed by atoms with Crippen LogP contribution in [-0.4, -0.2) is 59.3 Å². The Morgan fingerprint density at radius 3 is 2.52 bits per heavy atom. The summed E-state index contributed by atoms with van der Waals surface area (Å²) in [6.07, 6.45) is 5.72. The lowest BCUT2D eigenvalue weighted by molar-refractivity contribution is -0.135. The van der Waals surface area contributed by atoms with Crippen molar-refractivity contribution in [3.8, 4) is 0 Å². The highest BCUT2D eigenvalue weighted by atomic mass is 35.5. The highest BCUT2D eigenvalue weighted by molar-refractivity contribution is 5.94. The van der Waals surface area contributed by atoms with Crippen molar-refractivity contribution in [1.29, 1.82) is 0 Å². The molecule has 1 fully saturated rings. The molecular formula is C19H32Cl2N4O2. The van der Waals surface area contributed by atoms with E-state index in [1.807, 2.05) is 7.05 Å². The van der Waals surface area contributed by atoms with Crippen LogP contribution in [0.2, 0.25) is 0 Å². The number of hydrogen-bond acceptors (Lipinski definition) is 4. The van der Waals surface area contributed by atoms with Crippen molar-refractivity contribution in [2.75, 3.05) is 26.7 Å². The lowest BCUT2D eigenvalue weighted by Crippen LogP contribution is -2.46. The van der Waals surface area contributed by atoms with Crippen LogP contribution in [0, 0.1) is 11.8 Å². The molecule has 1 aliphatic rings. The van der Waals surface area contributed by atoms with Crippen molar-refractivity contribution in [2.45, 2.75) is 39.2 Å². The molecule has 1 saturated heterocycles. The summed E-state index contributed by atoms with van der Waals surface area (Å²) < 4.78 is 0. The van der Waals surface area contributed by atoms with Gasteiger partial charge in [-0.15, -0.1) is 24.8 Å². The Bertz CT molecular complexity index is 586. The molecule has 6 nitrogen and oxygen atoms in total. The van der Waals surface area contributed by atoms with Gasteiger partial charge in [0, 0.05) is 50.7 Å². The topological polar surface area (TPSA) is 79.5 Å². The van der Waals surface area contributed by atoms with Gasteiger partial charge in [-0.2, -0.15) is 0 Å². The molecule has 8 heteroatoms. The predicted octanol–water partition coefficient (Wildman–Crippen LogP) is 2.61. The lowest BCUT2D eigenvalue weighted by atomic mass is 9.95. The summed E-state index contributed by atoms with van der Waals surface area (Å²) in [6.45, 7) is 6.03. The maximum absolute atomic E-state index is 12.7. The number of carbonyl (C=O) groups is 2. The van der Waals surface area contributed by atoms with Gasteiger partial charge in [0.2, 0.25) is 5.91 Å². The summed E-state index contributed by atoms with van der Waals surface area (Å²) in [5.74, 6) is 0.374. The van der Waals surface area contributed by atoms with Gasteiger partial charge in [-0.1, -0.05) is 13.8 Å². The molecule has 0 spiro atoms. The van der Waals surface area contributed by atoms with Gasteiger partial charge in [0.05, 0.1) is 5.92 Å². The lowest BCUT2D eigenvalue weighted by Gasteiger charge is -2.34. The second-order valence-corrected chi connectivity index (χ2v) is 7.28. The third-order valence-corrected chi connectivity index (χ3v) is 5.02. The second-order valence-electron chi connectivity index (χ2n) is 7.28. The number of pyridine rings is 1. The van der Waals surface area contributed by atoms with E-state index >= 15 is 0 Å². The van der Waals surface area contributed by atoms with Crippen molar-refractivity contribution >= 4 is 36.6 Å². The number of nitrogens with zero attached hydrogens (tertiary/aromatic N) is 3. The Balaban J connectivity index is 0.00000338. The summed E-state index contributed by atoms with van der Waals surface area (Å²) in [4.78, 5) is 32.8. The van der Waals surface area contributed by atoms with Crippen LogP contribution >= 0.6 is 24.8 Å². The molecule has 0 aromatic carbocycles. The standard InChI is InChI=1S/C19H30N4O2.2ClH/c1-14(2)17(20)8-12-22(3)18(24)16-5-4-11-23(13-16)19(25)15-6-9-21-10-7-15;;/h6-7,9-10,14,16-17H,4-5,8,11-13,20H2,1-3H3;2*1H. The van der Waals surface area contributed by atoms with Crippen molar-refractivity contribution in [1.82, 2.24) is 14.8 Å². The van der Waals surface area contributed by atoms with E-state index < -0.39 is 0 Å². The van der Waals surface area contributed by atoms with Crippen LogP contribution in [0.4, 0.5) is 0 Å². The van der Waals surface area contributed by atoms with E-state index in [0.717, 1.165) is 19.3 Å². The maximum Gasteiger partial charge on any atom is 0.253 e. The third kappa shape index (κ3) is 7.28. The molecular weight excluding hydrogens is 387 g/mol. The highest BCUT2D eigenvalue weighted by Gasteiger charge is 2.30. The molecule has 2 rings (SSSR count). The minimum absolute atomic E-state index is 0. The number of hydrogen-bond donors (Lipinski definition) is 1. The number of aromatic nitrogens is 1. The molecule has 2 atom stereocenters. The van der Waals surface area contributed by atoms with Crippen molar-refractivity contribution in [2.24, 2.45) is 17.6 Å². The summed E-state index contributed by atoms with van der Waals surface area (Å²) in [5, 5.41) is 0. The monoisotopic (exact) mass is 418 g/mol. The Hall–Kier alpha value is -1.37. The number of rotatable bonds is 6. The smallest absolute Gasteiger partial charge is 0.253 e. The molecule has 1 aromatic rings. The van der Waals surface area contributed by atoms with Crippen LogP contribution in [-0.2, 0) is 4.79 Å². The number of halogens is 2. The molecule has 1 aliphatic heterocycles. The van der Waals surface area contributed by atoms with Crippen LogP contribution < -0.4 is 5.73 Å². The first-order valence-corrected chi connectivity index (χ1v) is 9.10. The maximum atomic E-state index is 12.7. The van der Waals surface area contributed by atoms with Crippen LogP contribution in [0.1, 0.15) is 43.5 Å². The fourth-order valence-electron chi connectivity index (χ4n) is 3.14. The van der Waals surface area contributed by atoms with Crippen LogP contribution in [0.25, 0.3) is 0 Å². The minimum Gasteiger partial charge on any atom is -0.345 e. The number of piperidine rings is 1. The van der Waals surface area contributed by atoms with E-state index in [9.17, 15) is 9.59 Å². The molecule has 0 aliphatic carbocycles. The van der Waals surface area contributed by atoms with E-state index in [0.29, 0.717) is 31.1 Å². The van der Waals surface area contributed by atoms with E-state index in [4.69, 9.17) is 5.73 Å². The zero-order valence-corrected chi connectivity index (χ0v) is 18.0.